The van der Waals surface area contributed by atoms with Gasteiger partial charge in [0.1, 0.15) is 5.75 Å². The van der Waals surface area contributed by atoms with Crippen molar-refractivity contribution in [2.45, 2.75) is 32.9 Å². The fourth-order valence-corrected chi connectivity index (χ4v) is 1.47. The number of hydrogen-bond acceptors (Lipinski definition) is 3. The molecule has 94 valence electrons. The van der Waals surface area contributed by atoms with Crippen LogP contribution >= 0.6 is 0 Å². The van der Waals surface area contributed by atoms with Gasteiger partial charge in [-0.15, -0.1) is 0 Å². The molecule has 0 spiro atoms. The molecule has 4 heteroatoms. The van der Waals surface area contributed by atoms with Gasteiger partial charge in [0.2, 0.25) is 5.91 Å². The minimum absolute atomic E-state index is 0.0751. The van der Waals surface area contributed by atoms with Gasteiger partial charge in [0.25, 0.3) is 0 Å². The van der Waals surface area contributed by atoms with E-state index in [0.29, 0.717) is 6.61 Å². The van der Waals surface area contributed by atoms with Gasteiger partial charge in [0.15, 0.2) is 0 Å². The van der Waals surface area contributed by atoms with E-state index in [2.05, 4.69) is 5.32 Å². The molecule has 0 heterocycles. The van der Waals surface area contributed by atoms with Crippen LogP contribution in [0.4, 0.5) is 0 Å². The number of nitrogens with one attached hydrogen (secondary N) is 1. The molecule has 0 aliphatic carbocycles. The zero-order valence-corrected chi connectivity index (χ0v) is 10.6. The number of hydrogen-bond donors (Lipinski definition) is 2. The molecule has 0 radical (unpaired) electrons. The number of rotatable bonds is 5. The summed E-state index contributed by atoms with van der Waals surface area (Å²) < 4.78 is 5.41. The smallest absolute Gasteiger partial charge is 0.237 e. The van der Waals surface area contributed by atoms with E-state index in [4.69, 9.17) is 10.5 Å². The molecule has 3 N–H and O–H groups in total. The topological polar surface area (TPSA) is 64.3 Å². The number of carbonyl (C=O) groups is 1. The molecule has 1 rings (SSSR count). The Morgan fingerprint density at radius 2 is 2.18 bits per heavy atom. The first-order valence-corrected chi connectivity index (χ1v) is 5.83. The second-order valence-corrected chi connectivity index (χ2v) is 4.02. The van der Waals surface area contributed by atoms with Gasteiger partial charge in [-0.1, -0.05) is 12.1 Å². The molecule has 0 aliphatic heterocycles. The Morgan fingerprint density at radius 3 is 2.76 bits per heavy atom. The molecule has 0 saturated heterocycles. The van der Waals surface area contributed by atoms with E-state index in [-0.39, 0.29) is 11.9 Å². The molecule has 1 amide bonds. The van der Waals surface area contributed by atoms with Gasteiger partial charge in [-0.2, -0.15) is 0 Å². The summed E-state index contributed by atoms with van der Waals surface area (Å²) in [6.45, 7) is 6.15. The van der Waals surface area contributed by atoms with Gasteiger partial charge >= 0.3 is 0 Å². The van der Waals surface area contributed by atoms with E-state index in [9.17, 15) is 4.79 Å². The van der Waals surface area contributed by atoms with Crippen molar-refractivity contribution in [2.75, 3.05) is 6.61 Å². The number of benzene rings is 1. The minimum Gasteiger partial charge on any atom is -0.494 e. The largest absolute Gasteiger partial charge is 0.494 e. The summed E-state index contributed by atoms with van der Waals surface area (Å²) >= 11 is 0. The van der Waals surface area contributed by atoms with E-state index < -0.39 is 6.04 Å². The first-order valence-electron chi connectivity index (χ1n) is 5.83. The van der Waals surface area contributed by atoms with Crippen LogP contribution in [0.25, 0.3) is 0 Å². The predicted octanol–water partition coefficient (Wildman–Crippen LogP) is 1.61. The summed E-state index contributed by atoms with van der Waals surface area (Å²) in [6.07, 6.45) is 0. The standard InChI is InChI=1S/C13H20N2O2/c1-4-17-12-7-5-6-11(8-12)10(3)15-13(16)9(2)14/h5-10H,4,14H2,1-3H3,(H,15,16)/t9-,10?/m0/s1. The molecule has 0 aromatic heterocycles. The zero-order chi connectivity index (χ0) is 12.8. The molecule has 0 saturated carbocycles. The van der Waals surface area contributed by atoms with Crippen LogP contribution in [0.5, 0.6) is 5.75 Å². The van der Waals surface area contributed by atoms with Crippen molar-refractivity contribution in [3.63, 3.8) is 0 Å². The lowest BCUT2D eigenvalue weighted by atomic mass is 10.1. The van der Waals surface area contributed by atoms with Crippen molar-refractivity contribution in [3.05, 3.63) is 29.8 Å². The van der Waals surface area contributed by atoms with Crippen molar-refractivity contribution in [1.29, 1.82) is 0 Å². The number of carbonyl (C=O) groups excluding carboxylic acids is 1. The minimum atomic E-state index is -0.493. The van der Waals surface area contributed by atoms with E-state index in [1.54, 1.807) is 6.92 Å². The quantitative estimate of drug-likeness (QED) is 0.816. The molecule has 4 nitrogen and oxygen atoms in total. The van der Waals surface area contributed by atoms with Gasteiger partial charge in [-0.05, 0) is 38.5 Å². The monoisotopic (exact) mass is 236 g/mol. The molecular formula is C13H20N2O2. The van der Waals surface area contributed by atoms with E-state index >= 15 is 0 Å². The van der Waals surface area contributed by atoms with Crippen LogP contribution in [0, 0.1) is 0 Å². The van der Waals surface area contributed by atoms with Crippen molar-refractivity contribution in [2.24, 2.45) is 5.73 Å². The van der Waals surface area contributed by atoms with Gasteiger partial charge in [0.05, 0.1) is 18.7 Å². The van der Waals surface area contributed by atoms with Crippen molar-refractivity contribution < 1.29 is 9.53 Å². The predicted molar refractivity (Wildman–Crippen MR) is 67.8 cm³/mol. The van der Waals surface area contributed by atoms with Crippen LogP contribution in [0.3, 0.4) is 0 Å². The third-order valence-corrected chi connectivity index (χ3v) is 2.44. The van der Waals surface area contributed by atoms with Crippen molar-refractivity contribution in [1.82, 2.24) is 5.32 Å². The molecule has 2 atom stereocenters. The number of ether oxygens (including phenoxy) is 1. The Hall–Kier alpha value is -1.55. The highest BCUT2D eigenvalue weighted by atomic mass is 16.5. The van der Waals surface area contributed by atoms with Crippen LogP contribution in [-0.4, -0.2) is 18.6 Å². The average molecular weight is 236 g/mol. The van der Waals surface area contributed by atoms with Gasteiger partial charge in [0, 0.05) is 0 Å². The fraction of sp³-hybridized carbons (Fsp3) is 0.462. The highest BCUT2D eigenvalue weighted by Crippen LogP contribution is 2.19. The van der Waals surface area contributed by atoms with Crippen molar-refractivity contribution in [3.8, 4) is 5.75 Å². The second-order valence-electron chi connectivity index (χ2n) is 4.02. The third kappa shape index (κ3) is 4.07. The third-order valence-electron chi connectivity index (χ3n) is 2.44. The Bertz CT molecular complexity index is 377. The summed E-state index contributed by atoms with van der Waals surface area (Å²) in [5.41, 5.74) is 6.51. The molecule has 1 aromatic rings. The van der Waals surface area contributed by atoms with Crippen molar-refractivity contribution >= 4 is 5.91 Å². The second kappa shape index (κ2) is 6.25. The molecule has 0 aliphatic rings. The van der Waals surface area contributed by atoms with Crippen LogP contribution in [0.2, 0.25) is 0 Å². The molecule has 17 heavy (non-hydrogen) atoms. The highest BCUT2D eigenvalue weighted by molar-refractivity contribution is 5.81. The lowest BCUT2D eigenvalue weighted by molar-refractivity contribution is -0.122. The summed E-state index contributed by atoms with van der Waals surface area (Å²) in [6, 6.07) is 7.12. The molecular weight excluding hydrogens is 216 g/mol. The van der Waals surface area contributed by atoms with Gasteiger partial charge in [-0.25, -0.2) is 0 Å². The maximum atomic E-state index is 11.5. The summed E-state index contributed by atoms with van der Waals surface area (Å²) in [5, 5.41) is 2.85. The van der Waals surface area contributed by atoms with E-state index in [0.717, 1.165) is 11.3 Å². The van der Waals surface area contributed by atoms with Crippen LogP contribution in [-0.2, 0) is 4.79 Å². The maximum absolute atomic E-state index is 11.5. The Balaban J connectivity index is 2.71. The zero-order valence-electron chi connectivity index (χ0n) is 10.6. The normalized spacial score (nSPS) is 13.9. The summed E-state index contributed by atoms with van der Waals surface area (Å²) in [5.74, 6) is 0.659. The Labute approximate surface area is 102 Å². The molecule has 0 fully saturated rings. The van der Waals surface area contributed by atoms with Crippen LogP contribution in [0.1, 0.15) is 32.4 Å². The Kier molecular flexibility index (Phi) is 4.97. The van der Waals surface area contributed by atoms with Crippen LogP contribution in [0.15, 0.2) is 24.3 Å². The summed E-state index contributed by atoms with van der Waals surface area (Å²) in [7, 11) is 0. The first kappa shape index (κ1) is 13.5. The highest BCUT2D eigenvalue weighted by Gasteiger charge is 2.12. The first-order chi connectivity index (χ1) is 8.04. The lowest BCUT2D eigenvalue weighted by Gasteiger charge is -2.16. The van der Waals surface area contributed by atoms with Gasteiger partial charge in [-0.3, -0.25) is 4.79 Å². The SMILES string of the molecule is CCOc1cccc(C(C)NC(=O)[C@H](C)N)c1. The maximum Gasteiger partial charge on any atom is 0.237 e. The fourth-order valence-electron chi connectivity index (χ4n) is 1.47. The van der Waals surface area contributed by atoms with E-state index in [1.807, 2.05) is 38.1 Å². The van der Waals surface area contributed by atoms with Gasteiger partial charge < -0.3 is 15.8 Å². The Morgan fingerprint density at radius 1 is 1.47 bits per heavy atom. The lowest BCUT2D eigenvalue weighted by Crippen LogP contribution is -2.39. The molecule has 1 unspecified atom stereocenters. The number of amides is 1. The molecule has 1 aromatic carbocycles. The molecule has 0 bridgehead atoms. The van der Waals surface area contributed by atoms with Crippen LogP contribution < -0.4 is 15.8 Å². The average Bonchev–Trinajstić information content (AvgIpc) is 2.29. The van der Waals surface area contributed by atoms with E-state index in [1.165, 1.54) is 0 Å². The summed E-state index contributed by atoms with van der Waals surface area (Å²) in [4.78, 5) is 11.5. The number of nitrogens with two attached hydrogens (primary N) is 1.